The molecule has 0 saturated carbocycles. The summed E-state index contributed by atoms with van der Waals surface area (Å²) in [5.74, 6) is -0.776. The van der Waals surface area contributed by atoms with Crippen LogP contribution in [0.2, 0.25) is 5.02 Å². The quantitative estimate of drug-likeness (QED) is 0.495. The molecular formula is C21H14ClN3O3. The molecule has 0 radical (unpaired) electrons. The summed E-state index contributed by atoms with van der Waals surface area (Å²) in [7, 11) is 0. The summed E-state index contributed by atoms with van der Waals surface area (Å²) in [5, 5.41) is 4.77. The molecular weight excluding hydrogens is 378 g/mol. The van der Waals surface area contributed by atoms with Crippen molar-refractivity contribution in [1.82, 2.24) is 9.78 Å². The smallest absolute Gasteiger partial charge is 0.363 e. The maximum Gasteiger partial charge on any atom is 0.363 e. The van der Waals surface area contributed by atoms with Crippen LogP contribution in [0.1, 0.15) is 23.0 Å². The van der Waals surface area contributed by atoms with Gasteiger partial charge in [-0.15, -0.1) is 0 Å². The van der Waals surface area contributed by atoms with Gasteiger partial charge in [0.2, 0.25) is 11.8 Å². The number of aliphatic imine (C=N–C) groups is 1. The summed E-state index contributed by atoms with van der Waals surface area (Å²) in [6.45, 7) is 1.40. The fourth-order valence-corrected chi connectivity index (χ4v) is 3.02. The van der Waals surface area contributed by atoms with Crippen molar-refractivity contribution in [1.29, 1.82) is 0 Å². The second-order valence-corrected chi connectivity index (χ2v) is 6.47. The minimum atomic E-state index is -0.618. The van der Waals surface area contributed by atoms with Gasteiger partial charge >= 0.3 is 5.97 Å². The first-order valence-electron chi connectivity index (χ1n) is 8.47. The summed E-state index contributed by atoms with van der Waals surface area (Å²) < 4.78 is 6.48. The Kier molecular flexibility index (Phi) is 4.63. The van der Waals surface area contributed by atoms with E-state index in [9.17, 15) is 9.59 Å². The maximum atomic E-state index is 12.3. The van der Waals surface area contributed by atoms with Gasteiger partial charge in [0.15, 0.2) is 5.70 Å². The number of hydrogen-bond donors (Lipinski definition) is 0. The topological polar surface area (TPSA) is 73.6 Å². The van der Waals surface area contributed by atoms with E-state index in [0.717, 1.165) is 5.56 Å². The van der Waals surface area contributed by atoms with Crippen LogP contribution in [-0.2, 0) is 9.53 Å². The van der Waals surface area contributed by atoms with Gasteiger partial charge < -0.3 is 4.74 Å². The fourth-order valence-electron chi connectivity index (χ4n) is 2.80. The molecule has 0 spiro atoms. The van der Waals surface area contributed by atoms with E-state index in [0.29, 0.717) is 22.0 Å². The summed E-state index contributed by atoms with van der Waals surface area (Å²) in [6, 6.07) is 18.1. The van der Waals surface area contributed by atoms with Crippen molar-refractivity contribution in [3.63, 3.8) is 0 Å². The van der Waals surface area contributed by atoms with Gasteiger partial charge in [0.1, 0.15) is 0 Å². The molecule has 138 valence electrons. The Balaban J connectivity index is 1.76. The van der Waals surface area contributed by atoms with Gasteiger partial charge in [-0.3, -0.25) is 4.79 Å². The van der Waals surface area contributed by atoms with E-state index in [2.05, 4.69) is 10.1 Å². The normalized spacial score (nSPS) is 14.9. The highest BCUT2D eigenvalue weighted by atomic mass is 35.5. The van der Waals surface area contributed by atoms with Crippen molar-refractivity contribution in [2.45, 2.75) is 6.92 Å². The number of carbonyl (C=O) groups excluding carboxylic acids is 2. The average Bonchev–Trinajstić information content (AvgIpc) is 3.27. The Morgan fingerprint density at radius 3 is 2.54 bits per heavy atom. The van der Waals surface area contributed by atoms with Crippen LogP contribution in [0.3, 0.4) is 0 Å². The zero-order valence-electron chi connectivity index (χ0n) is 14.8. The van der Waals surface area contributed by atoms with E-state index >= 15 is 0 Å². The maximum absolute atomic E-state index is 12.3. The number of hydrogen-bond acceptors (Lipinski definition) is 5. The number of benzene rings is 2. The molecule has 2 heterocycles. The van der Waals surface area contributed by atoms with Crippen LogP contribution in [0.4, 0.5) is 0 Å². The van der Waals surface area contributed by atoms with Crippen molar-refractivity contribution in [2.75, 3.05) is 0 Å². The molecule has 0 saturated heterocycles. The molecule has 2 aromatic carbocycles. The molecule has 4 rings (SSSR count). The van der Waals surface area contributed by atoms with Crippen molar-refractivity contribution in [3.05, 3.63) is 82.6 Å². The number of rotatable bonds is 3. The summed E-state index contributed by atoms with van der Waals surface area (Å²) in [5.41, 5.74) is 2.49. The molecule has 0 fully saturated rings. The third-order valence-corrected chi connectivity index (χ3v) is 4.44. The molecule has 0 N–H and O–H groups in total. The number of esters is 1. The van der Waals surface area contributed by atoms with Gasteiger partial charge in [-0.2, -0.15) is 5.10 Å². The zero-order chi connectivity index (χ0) is 19.7. The monoisotopic (exact) mass is 391 g/mol. The minimum Gasteiger partial charge on any atom is -0.402 e. The Morgan fingerprint density at radius 1 is 1.11 bits per heavy atom. The Labute approximate surface area is 165 Å². The number of nitrogens with zero attached hydrogens (tertiary/aromatic N) is 3. The predicted molar refractivity (Wildman–Crippen MR) is 106 cm³/mol. The average molecular weight is 392 g/mol. The molecule has 0 aliphatic carbocycles. The summed E-state index contributed by atoms with van der Waals surface area (Å²) in [4.78, 5) is 28.5. The van der Waals surface area contributed by atoms with Gasteiger partial charge in [-0.05, 0) is 24.3 Å². The molecule has 3 aromatic rings. The summed E-state index contributed by atoms with van der Waals surface area (Å²) >= 11 is 6.15. The number of aromatic nitrogens is 2. The largest absolute Gasteiger partial charge is 0.402 e. The van der Waals surface area contributed by atoms with Crippen LogP contribution in [0.15, 0.2) is 71.4 Å². The van der Waals surface area contributed by atoms with Crippen molar-refractivity contribution >= 4 is 35.5 Å². The molecule has 0 bridgehead atoms. The Morgan fingerprint density at radius 2 is 1.82 bits per heavy atom. The van der Waals surface area contributed by atoms with Crippen molar-refractivity contribution < 1.29 is 14.3 Å². The standard InChI is InChI=1S/C21H14ClN3O3/c1-13(26)25-15(11-18(24-25)14-7-3-2-4-8-14)12-19-21(27)28-20(23-19)16-9-5-6-10-17(16)22/h2-12H,1H3/b19-12+. The lowest BCUT2D eigenvalue weighted by Gasteiger charge is -2.00. The highest BCUT2D eigenvalue weighted by Gasteiger charge is 2.26. The van der Waals surface area contributed by atoms with Gasteiger partial charge in [-0.1, -0.05) is 54.1 Å². The first-order chi connectivity index (χ1) is 13.5. The SMILES string of the molecule is CC(=O)n1nc(-c2ccccc2)cc1/C=C1/N=C(c2ccccc2Cl)OC1=O. The van der Waals surface area contributed by atoms with Gasteiger partial charge in [-0.25, -0.2) is 14.5 Å². The third kappa shape index (κ3) is 3.37. The molecule has 28 heavy (non-hydrogen) atoms. The third-order valence-electron chi connectivity index (χ3n) is 4.11. The first-order valence-corrected chi connectivity index (χ1v) is 8.84. The second-order valence-electron chi connectivity index (χ2n) is 6.07. The predicted octanol–water partition coefficient (Wildman–Crippen LogP) is 4.21. The van der Waals surface area contributed by atoms with E-state index in [1.54, 1.807) is 30.3 Å². The second kappa shape index (κ2) is 7.25. The fraction of sp³-hybridized carbons (Fsp3) is 0.0476. The number of carbonyl (C=O) groups is 2. The van der Waals surface area contributed by atoms with Crippen LogP contribution < -0.4 is 0 Å². The highest BCUT2D eigenvalue weighted by molar-refractivity contribution is 6.34. The summed E-state index contributed by atoms with van der Waals surface area (Å²) in [6.07, 6.45) is 1.48. The first kappa shape index (κ1) is 17.9. The molecule has 0 amide bonds. The lowest BCUT2D eigenvalue weighted by molar-refractivity contribution is -0.129. The van der Waals surface area contributed by atoms with Crippen LogP contribution in [0.5, 0.6) is 0 Å². The van der Waals surface area contributed by atoms with Gasteiger partial charge in [0.05, 0.1) is 22.0 Å². The lowest BCUT2D eigenvalue weighted by Crippen LogP contribution is -2.10. The minimum absolute atomic E-state index is 0.0666. The lowest BCUT2D eigenvalue weighted by atomic mass is 10.1. The van der Waals surface area contributed by atoms with E-state index in [4.69, 9.17) is 16.3 Å². The zero-order valence-corrected chi connectivity index (χ0v) is 15.6. The van der Waals surface area contributed by atoms with E-state index < -0.39 is 5.97 Å². The van der Waals surface area contributed by atoms with E-state index in [1.807, 2.05) is 30.3 Å². The molecule has 7 heteroatoms. The van der Waals surface area contributed by atoms with Crippen molar-refractivity contribution in [3.8, 4) is 11.3 Å². The molecule has 6 nitrogen and oxygen atoms in total. The Bertz CT molecular complexity index is 1150. The van der Waals surface area contributed by atoms with Crippen molar-refractivity contribution in [2.24, 2.45) is 4.99 Å². The Hall–Kier alpha value is -3.51. The van der Waals surface area contributed by atoms with Crippen LogP contribution >= 0.6 is 11.6 Å². The molecule has 0 unspecified atom stereocenters. The highest BCUT2D eigenvalue weighted by Crippen LogP contribution is 2.25. The number of cyclic esters (lactones) is 1. The van der Waals surface area contributed by atoms with Crippen LogP contribution in [0.25, 0.3) is 17.3 Å². The van der Waals surface area contributed by atoms with E-state index in [-0.39, 0.29) is 17.5 Å². The molecule has 0 atom stereocenters. The van der Waals surface area contributed by atoms with Crippen LogP contribution in [0, 0.1) is 0 Å². The molecule has 1 aliphatic rings. The number of halogens is 1. The number of ether oxygens (including phenoxy) is 1. The van der Waals surface area contributed by atoms with Gasteiger partial charge in [0.25, 0.3) is 0 Å². The molecule has 1 aromatic heterocycles. The van der Waals surface area contributed by atoms with Crippen LogP contribution in [-0.4, -0.2) is 27.6 Å². The van der Waals surface area contributed by atoms with E-state index in [1.165, 1.54) is 17.7 Å². The van der Waals surface area contributed by atoms with Gasteiger partial charge in [0, 0.05) is 12.5 Å². The molecule has 1 aliphatic heterocycles.